The lowest BCUT2D eigenvalue weighted by Crippen LogP contribution is -2.46. The van der Waals surface area contributed by atoms with Gasteiger partial charge in [-0.15, -0.1) is 0 Å². The summed E-state index contributed by atoms with van der Waals surface area (Å²) in [6.07, 6.45) is 0. The van der Waals surface area contributed by atoms with E-state index >= 15 is 0 Å². The van der Waals surface area contributed by atoms with E-state index in [0.29, 0.717) is 0 Å². The van der Waals surface area contributed by atoms with E-state index in [4.69, 9.17) is 0 Å². The predicted octanol–water partition coefficient (Wildman–Crippen LogP) is -0.811. The first-order chi connectivity index (χ1) is 6.49. The summed E-state index contributed by atoms with van der Waals surface area (Å²) >= 11 is 0. The van der Waals surface area contributed by atoms with Crippen LogP contribution in [0.5, 0.6) is 0 Å². The van der Waals surface area contributed by atoms with Gasteiger partial charge in [-0.2, -0.15) is 0 Å². The first-order valence-corrected chi connectivity index (χ1v) is 4.70. The minimum atomic E-state index is -0.462. The normalized spacial score (nSPS) is 12.0. The Morgan fingerprint density at radius 3 is 2.36 bits per heavy atom. The van der Waals surface area contributed by atoms with Gasteiger partial charge in [-0.25, -0.2) is 0 Å². The number of hydrogen-bond donors (Lipinski definition) is 2. The molecule has 1 unspecified atom stereocenters. The molecule has 0 saturated heterocycles. The van der Waals surface area contributed by atoms with Crippen LogP contribution in [0.3, 0.4) is 0 Å². The number of nitrogens with one attached hydrogen (secondary N) is 2. The number of rotatable bonds is 5. The Hall–Kier alpha value is -1.10. The molecule has 5 nitrogen and oxygen atoms in total. The molecule has 14 heavy (non-hydrogen) atoms. The van der Waals surface area contributed by atoms with Crippen molar-refractivity contribution in [2.75, 3.05) is 27.2 Å². The molecule has 0 aliphatic heterocycles. The Morgan fingerprint density at radius 1 is 1.36 bits per heavy atom. The summed E-state index contributed by atoms with van der Waals surface area (Å²) in [6, 6.07) is -0.462. The first-order valence-electron chi connectivity index (χ1n) is 4.70. The van der Waals surface area contributed by atoms with Crippen molar-refractivity contribution in [3.8, 4) is 0 Å². The van der Waals surface area contributed by atoms with E-state index in [9.17, 15) is 9.59 Å². The molecule has 5 heteroatoms. The molecular weight excluding hydrogens is 182 g/mol. The molecule has 0 rings (SSSR count). The van der Waals surface area contributed by atoms with Gasteiger partial charge in [0.15, 0.2) is 0 Å². The van der Waals surface area contributed by atoms with E-state index in [2.05, 4.69) is 10.6 Å². The van der Waals surface area contributed by atoms with Crippen LogP contribution in [0.1, 0.15) is 13.8 Å². The lowest BCUT2D eigenvalue weighted by Gasteiger charge is -2.17. The van der Waals surface area contributed by atoms with Crippen LogP contribution >= 0.6 is 0 Å². The number of carbonyl (C=O) groups excluding carboxylic acids is 2. The van der Waals surface area contributed by atoms with Crippen LogP contribution in [0, 0.1) is 0 Å². The molecule has 0 fully saturated rings. The van der Waals surface area contributed by atoms with E-state index in [1.807, 2.05) is 6.92 Å². The van der Waals surface area contributed by atoms with Crippen molar-refractivity contribution in [2.45, 2.75) is 19.9 Å². The average molecular weight is 201 g/mol. The van der Waals surface area contributed by atoms with Crippen LogP contribution in [0.15, 0.2) is 0 Å². The quantitative estimate of drug-likeness (QED) is 0.611. The zero-order chi connectivity index (χ0) is 11.1. The third kappa shape index (κ3) is 4.81. The van der Waals surface area contributed by atoms with Gasteiger partial charge < -0.3 is 15.5 Å². The van der Waals surface area contributed by atoms with E-state index < -0.39 is 6.04 Å². The summed E-state index contributed by atoms with van der Waals surface area (Å²) in [5, 5.41) is 5.49. The molecule has 0 aromatic carbocycles. The van der Waals surface area contributed by atoms with Crippen LogP contribution in [0.25, 0.3) is 0 Å². The molecule has 0 saturated carbocycles. The number of nitrogens with zero attached hydrogens (tertiary/aromatic N) is 1. The van der Waals surface area contributed by atoms with Crippen molar-refractivity contribution in [1.29, 1.82) is 0 Å². The maximum absolute atomic E-state index is 11.3. The highest BCUT2D eigenvalue weighted by molar-refractivity contribution is 5.87. The van der Waals surface area contributed by atoms with Crippen LogP contribution in [0.4, 0.5) is 0 Å². The van der Waals surface area contributed by atoms with E-state index in [0.717, 1.165) is 6.54 Å². The van der Waals surface area contributed by atoms with Crippen molar-refractivity contribution >= 4 is 11.8 Å². The first kappa shape index (κ1) is 12.9. The van der Waals surface area contributed by atoms with Gasteiger partial charge in [0.1, 0.15) is 6.04 Å². The van der Waals surface area contributed by atoms with Gasteiger partial charge in [0, 0.05) is 14.1 Å². The summed E-state index contributed by atoms with van der Waals surface area (Å²) in [5.41, 5.74) is 0. The van der Waals surface area contributed by atoms with Crippen molar-refractivity contribution in [3.05, 3.63) is 0 Å². The monoisotopic (exact) mass is 201 g/mol. The minimum absolute atomic E-state index is 0.102. The Bertz CT molecular complexity index is 204. The molecule has 0 bridgehead atoms. The SMILES string of the molecule is CCNCC(=O)NC(C)C(=O)N(C)C. The molecular formula is C9H19N3O2. The molecule has 0 aliphatic carbocycles. The number of amides is 2. The fourth-order valence-electron chi connectivity index (χ4n) is 0.980. The van der Waals surface area contributed by atoms with Gasteiger partial charge in [-0.05, 0) is 13.5 Å². The van der Waals surface area contributed by atoms with Gasteiger partial charge in [0.05, 0.1) is 6.54 Å². The number of likely N-dealkylation sites (N-methyl/N-ethyl adjacent to an activating group) is 2. The lowest BCUT2D eigenvalue weighted by atomic mass is 10.3. The van der Waals surface area contributed by atoms with Gasteiger partial charge >= 0.3 is 0 Å². The van der Waals surface area contributed by atoms with Gasteiger partial charge in [-0.3, -0.25) is 9.59 Å². The Morgan fingerprint density at radius 2 is 1.93 bits per heavy atom. The largest absolute Gasteiger partial charge is 0.347 e. The van der Waals surface area contributed by atoms with E-state index in [1.54, 1.807) is 21.0 Å². The third-order valence-corrected chi connectivity index (χ3v) is 1.72. The summed E-state index contributed by atoms with van der Waals surface area (Å²) in [7, 11) is 3.32. The molecule has 0 aromatic heterocycles. The number of carbonyl (C=O) groups is 2. The second-order valence-electron chi connectivity index (χ2n) is 3.30. The van der Waals surface area contributed by atoms with Crippen molar-refractivity contribution < 1.29 is 9.59 Å². The lowest BCUT2D eigenvalue weighted by molar-refractivity contribution is -0.133. The minimum Gasteiger partial charge on any atom is -0.347 e. The maximum atomic E-state index is 11.3. The molecule has 2 N–H and O–H groups in total. The van der Waals surface area contributed by atoms with Crippen LogP contribution < -0.4 is 10.6 Å². The van der Waals surface area contributed by atoms with Crippen molar-refractivity contribution in [1.82, 2.24) is 15.5 Å². The molecule has 0 aromatic rings. The van der Waals surface area contributed by atoms with Gasteiger partial charge in [0.25, 0.3) is 0 Å². The second-order valence-corrected chi connectivity index (χ2v) is 3.30. The van der Waals surface area contributed by atoms with Crippen LogP contribution in [0.2, 0.25) is 0 Å². The second kappa shape index (κ2) is 6.37. The molecule has 0 radical (unpaired) electrons. The fraction of sp³-hybridized carbons (Fsp3) is 0.778. The van der Waals surface area contributed by atoms with Crippen molar-refractivity contribution in [3.63, 3.8) is 0 Å². The van der Waals surface area contributed by atoms with E-state index in [1.165, 1.54) is 4.90 Å². The molecule has 2 amide bonds. The summed E-state index contributed by atoms with van der Waals surface area (Å²) in [5.74, 6) is -0.260. The molecule has 82 valence electrons. The van der Waals surface area contributed by atoms with E-state index in [-0.39, 0.29) is 18.4 Å². The highest BCUT2D eigenvalue weighted by Crippen LogP contribution is 1.87. The summed E-state index contributed by atoms with van der Waals surface area (Å²) in [4.78, 5) is 24.0. The highest BCUT2D eigenvalue weighted by Gasteiger charge is 2.16. The van der Waals surface area contributed by atoms with Crippen molar-refractivity contribution in [2.24, 2.45) is 0 Å². The Labute approximate surface area is 84.8 Å². The number of hydrogen-bond acceptors (Lipinski definition) is 3. The average Bonchev–Trinajstić information content (AvgIpc) is 2.13. The third-order valence-electron chi connectivity index (χ3n) is 1.72. The standard InChI is InChI=1S/C9H19N3O2/c1-5-10-6-8(13)11-7(2)9(14)12(3)4/h7,10H,5-6H2,1-4H3,(H,11,13). The topological polar surface area (TPSA) is 61.4 Å². The summed E-state index contributed by atoms with van der Waals surface area (Å²) < 4.78 is 0. The Kier molecular flexibility index (Phi) is 5.87. The van der Waals surface area contributed by atoms with Crippen LogP contribution in [-0.2, 0) is 9.59 Å². The van der Waals surface area contributed by atoms with Gasteiger partial charge in [-0.1, -0.05) is 6.92 Å². The summed E-state index contributed by atoms with van der Waals surface area (Å²) in [6.45, 7) is 4.58. The molecule has 0 aliphatic rings. The molecule has 1 atom stereocenters. The Balaban J connectivity index is 3.87. The van der Waals surface area contributed by atoms with Crippen LogP contribution in [-0.4, -0.2) is 49.9 Å². The molecule has 0 heterocycles. The highest BCUT2D eigenvalue weighted by atomic mass is 16.2. The zero-order valence-corrected chi connectivity index (χ0v) is 9.26. The smallest absolute Gasteiger partial charge is 0.244 e. The zero-order valence-electron chi connectivity index (χ0n) is 9.26. The fourth-order valence-corrected chi connectivity index (χ4v) is 0.980. The molecule has 0 spiro atoms. The predicted molar refractivity (Wildman–Crippen MR) is 54.8 cm³/mol. The van der Waals surface area contributed by atoms with Gasteiger partial charge in [0.2, 0.25) is 11.8 Å². The maximum Gasteiger partial charge on any atom is 0.244 e.